The molecule has 24 heavy (non-hydrogen) atoms. The largest absolute Gasteiger partial charge is 0.497 e. The van der Waals surface area contributed by atoms with E-state index in [1.54, 1.807) is 7.11 Å². The van der Waals surface area contributed by atoms with Gasteiger partial charge in [-0.2, -0.15) is 0 Å². The average molecular weight is 328 g/mol. The maximum absolute atomic E-state index is 12.7. The summed E-state index contributed by atoms with van der Waals surface area (Å²) in [5.74, 6) is 1.85. The number of hydrogen-bond donors (Lipinski definition) is 0. The molecule has 0 aliphatic carbocycles. The second-order valence-electron chi connectivity index (χ2n) is 6.24. The molecule has 1 aliphatic rings. The number of likely N-dealkylation sites (tertiary alicyclic amines) is 1. The summed E-state index contributed by atoms with van der Waals surface area (Å²) in [5, 5.41) is 4.19. The summed E-state index contributed by atoms with van der Waals surface area (Å²) >= 11 is 0. The molecule has 5 nitrogen and oxygen atoms in total. The second kappa shape index (κ2) is 7.51. The van der Waals surface area contributed by atoms with Gasteiger partial charge in [0.1, 0.15) is 17.2 Å². The minimum absolute atomic E-state index is 0.0464. The Morgan fingerprint density at radius 1 is 1.38 bits per heavy atom. The Labute approximate surface area is 142 Å². The number of rotatable bonds is 6. The van der Waals surface area contributed by atoms with Gasteiger partial charge in [-0.1, -0.05) is 24.2 Å². The van der Waals surface area contributed by atoms with Crippen LogP contribution in [0.2, 0.25) is 0 Å². The van der Waals surface area contributed by atoms with Crippen molar-refractivity contribution in [3.05, 3.63) is 47.3 Å². The van der Waals surface area contributed by atoms with Crippen LogP contribution >= 0.6 is 0 Å². The Bertz CT molecular complexity index is 678. The van der Waals surface area contributed by atoms with Crippen molar-refractivity contribution in [3.8, 4) is 5.75 Å². The molecule has 1 aromatic carbocycles. The summed E-state index contributed by atoms with van der Waals surface area (Å²) in [5.41, 5.74) is 1.89. The van der Waals surface area contributed by atoms with Gasteiger partial charge in [0.05, 0.1) is 19.6 Å². The van der Waals surface area contributed by atoms with E-state index >= 15 is 0 Å². The lowest BCUT2D eigenvalue weighted by molar-refractivity contribution is -0.131. The number of nitrogens with zero attached hydrogens (tertiary/aromatic N) is 2. The summed E-state index contributed by atoms with van der Waals surface area (Å²) in [6.07, 6.45) is 4.28. The van der Waals surface area contributed by atoms with E-state index in [2.05, 4.69) is 12.1 Å². The molecule has 0 spiro atoms. The van der Waals surface area contributed by atoms with Gasteiger partial charge in [-0.05, 0) is 37.0 Å². The fourth-order valence-corrected chi connectivity index (χ4v) is 3.24. The van der Waals surface area contributed by atoms with E-state index in [0.717, 1.165) is 55.0 Å². The molecule has 0 bridgehead atoms. The van der Waals surface area contributed by atoms with Crippen LogP contribution in [0.3, 0.4) is 0 Å². The smallest absolute Gasteiger partial charge is 0.227 e. The molecule has 2 aromatic rings. The fraction of sp³-hybridized carbons (Fsp3) is 0.474. The predicted molar refractivity (Wildman–Crippen MR) is 90.9 cm³/mol. The molecule has 1 saturated heterocycles. The standard InChI is InChI=1S/C19H24N2O3/c1-3-5-16-13-17(20-24-16)18-6-4-11-21(18)19(22)12-14-7-9-15(23-2)10-8-14/h7-10,13,18H,3-6,11-12H2,1-2H3. The molecule has 1 unspecified atom stereocenters. The van der Waals surface area contributed by atoms with Crippen molar-refractivity contribution >= 4 is 5.91 Å². The van der Waals surface area contributed by atoms with Gasteiger partial charge in [-0.25, -0.2) is 0 Å². The third-order valence-electron chi connectivity index (χ3n) is 4.50. The molecule has 1 amide bonds. The number of carbonyl (C=O) groups is 1. The highest BCUT2D eigenvalue weighted by Crippen LogP contribution is 2.32. The van der Waals surface area contributed by atoms with E-state index in [9.17, 15) is 4.79 Å². The van der Waals surface area contributed by atoms with Crippen LogP contribution in [0, 0.1) is 0 Å². The van der Waals surface area contributed by atoms with Crippen molar-refractivity contribution in [2.24, 2.45) is 0 Å². The van der Waals surface area contributed by atoms with Crippen molar-refractivity contribution in [1.29, 1.82) is 0 Å². The third-order valence-corrected chi connectivity index (χ3v) is 4.50. The molecule has 1 atom stereocenters. The molecule has 1 aromatic heterocycles. The zero-order chi connectivity index (χ0) is 16.9. The van der Waals surface area contributed by atoms with Gasteiger partial charge < -0.3 is 14.2 Å². The lowest BCUT2D eigenvalue weighted by Crippen LogP contribution is -2.32. The first-order chi connectivity index (χ1) is 11.7. The summed E-state index contributed by atoms with van der Waals surface area (Å²) in [6.45, 7) is 2.90. The van der Waals surface area contributed by atoms with Crippen molar-refractivity contribution in [2.75, 3.05) is 13.7 Å². The number of hydrogen-bond acceptors (Lipinski definition) is 4. The molecule has 0 saturated carbocycles. The van der Waals surface area contributed by atoms with Crippen LogP contribution in [0.15, 0.2) is 34.9 Å². The number of carbonyl (C=O) groups excluding carboxylic acids is 1. The highest BCUT2D eigenvalue weighted by molar-refractivity contribution is 5.79. The molecule has 5 heteroatoms. The first kappa shape index (κ1) is 16.6. The molecule has 0 radical (unpaired) electrons. The van der Waals surface area contributed by atoms with E-state index < -0.39 is 0 Å². The molecule has 2 heterocycles. The van der Waals surface area contributed by atoms with Crippen LogP contribution in [-0.2, 0) is 17.6 Å². The molecule has 3 rings (SSSR count). The van der Waals surface area contributed by atoms with Crippen molar-refractivity contribution in [3.63, 3.8) is 0 Å². The van der Waals surface area contributed by atoms with Gasteiger partial charge in [0.25, 0.3) is 0 Å². The Morgan fingerprint density at radius 2 is 2.17 bits per heavy atom. The topological polar surface area (TPSA) is 55.6 Å². The van der Waals surface area contributed by atoms with Gasteiger partial charge in [-0.3, -0.25) is 4.79 Å². The molecule has 0 N–H and O–H groups in total. The molecular weight excluding hydrogens is 304 g/mol. The fourth-order valence-electron chi connectivity index (χ4n) is 3.24. The molecular formula is C19H24N2O3. The number of benzene rings is 1. The van der Waals surface area contributed by atoms with E-state index in [0.29, 0.717) is 6.42 Å². The average Bonchev–Trinajstić information content (AvgIpc) is 3.24. The minimum atomic E-state index is 0.0464. The number of amides is 1. The Morgan fingerprint density at radius 3 is 2.88 bits per heavy atom. The van der Waals surface area contributed by atoms with Crippen LogP contribution in [0.4, 0.5) is 0 Å². The van der Waals surface area contributed by atoms with E-state index in [4.69, 9.17) is 9.26 Å². The van der Waals surface area contributed by atoms with Crippen LogP contribution < -0.4 is 4.74 Å². The summed E-state index contributed by atoms with van der Waals surface area (Å²) in [4.78, 5) is 14.7. The van der Waals surface area contributed by atoms with E-state index in [1.165, 1.54) is 0 Å². The van der Waals surface area contributed by atoms with Crippen molar-refractivity contribution < 1.29 is 14.1 Å². The van der Waals surface area contributed by atoms with Crippen molar-refractivity contribution in [1.82, 2.24) is 10.1 Å². The van der Waals surface area contributed by atoms with Gasteiger partial charge in [0.2, 0.25) is 5.91 Å². The van der Waals surface area contributed by atoms with Crippen LogP contribution in [0.5, 0.6) is 5.75 Å². The maximum atomic E-state index is 12.7. The summed E-state index contributed by atoms with van der Waals surface area (Å²) < 4.78 is 10.5. The highest BCUT2D eigenvalue weighted by atomic mass is 16.5. The number of aromatic nitrogens is 1. The zero-order valence-electron chi connectivity index (χ0n) is 14.3. The minimum Gasteiger partial charge on any atom is -0.497 e. The lowest BCUT2D eigenvalue weighted by Gasteiger charge is -2.23. The number of ether oxygens (including phenoxy) is 1. The lowest BCUT2D eigenvalue weighted by atomic mass is 10.1. The quantitative estimate of drug-likeness (QED) is 0.814. The number of aryl methyl sites for hydroxylation is 1. The third kappa shape index (κ3) is 3.61. The SMILES string of the molecule is CCCc1cc(C2CCCN2C(=O)Cc2ccc(OC)cc2)no1. The maximum Gasteiger partial charge on any atom is 0.227 e. The van der Waals surface area contributed by atoms with Gasteiger partial charge in [-0.15, -0.1) is 0 Å². The van der Waals surface area contributed by atoms with Crippen LogP contribution in [0.25, 0.3) is 0 Å². The highest BCUT2D eigenvalue weighted by Gasteiger charge is 2.32. The van der Waals surface area contributed by atoms with Crippen LogP contribution in [-0.4, -0.2) is 29.6 Å². The Hall–Kier alpha value is -2.30. The normalized spacial score (nSPS) is 17.2. The summed E-state index contributed by atoms with van der Waals surface area (Å²) in [7, 11) is 1.64. The van der Waals surface area contributed by atoms with Gasteiger partial charge in [0.15, 0.2) is 0 Å². The van der Waals surface area contributed by atoms with E-state index in [1.807, 2.05) is 35.2 Å². The molecule has 128 valence electrons. The monoisotopic (exact) mass is 328 g/mol. The van der Waals surface area contributed by atoms with Gasteiger partial charge in [0, 0.05) is 19.0 Å². The molecule has 1 fully saturated rings. The first-order valence-electron chi connectivity index (χ1n) is 8.59. The van der Waals surface area contributed by atoms with Crippen LogP contribution in [0.1, 0.15) is 49.2 Å². The predicted octanol–water partition coefficient (Wildman–Crippen LogP) is 3.54. The Kier molecular flexibility index (Phi) is 5.18. The first-order valence-corrected chi connectivity index (χ1v) is 8.59. The van der Waals surface area contributed by atoms with Gasteiger partial charge >= 0.3 is 0 Å². The Balaban J connectivity index is 1.68. The van der Waals surface area contributed by atoms with Crippen molar-refractivity contribution in [2.45, 2.75) is 45.1 Å². The second-order valence-corrected chi connectivity index (χ2v) is 6.24. The zero-order valence-corrected chi connectivity index (χ0v) is 14.3. The van der Waals surface area contributed by atoms with E-state index in [-0.39, 0.29) is 11.9 Å². The summed E-state index contributed by atoms with van der Waals surface area (Å²) in [6, 6.07) is 9.71. The molecule has 1 aliphatic heterocycles. The number of methoxy groups -OCH3 is 1.